The van der Waals surface area contributed by atoms with Gasteiger partial charge >= 0.3 is 0 Å². The number of nitrogens with zero attached hydrogens (tertiary/aromatic N) is 3. The van der Waals surface area contributed by atoms with E-state index in [2.05, 4.69) is 37.0 Å². The maximum absolute atomic E-state index is 4.55. The molecule has 0 aliphatic carbocycles. The number of fused-ring (bicyclic) bond motifs is 1. The molecule has 3 rings (SSSR count). The fourth-order valence-corrected chi connectivity index (χ4v) is 3.47. The number of rotatable bonds is 6. The summed E-state index contributed by atoms with van der Waals surface area (Å²) < 4.78 is 0. The smallest absolute Gasteiger partial charge is 0.226 e. The zero-order valence-corrected chi connectivity index (χ0v) is 13.6. The van der Waals surface area contributed by atoms with Crippen molar-refractivity contribution in [2.24, 2.45) is 0 Å². The highest BCUT2D eigenvalue weighted by atomic mass is 32.1. The number of nitrogens with one attached hydrogen (secondary N) is 2. The Balaban J connectivity index is 1.74. The van der Waals surface area contributed by atoms with Gasteiger partial charge in [0.15, 0.2) is 0 Å². The summed E-state index contributed by atoms with van der Waals surface area (Å²) in [6, 6.07) is 2.06. The lowest BCUT2D eigenvalue weighted by Crippen LogP contribution is -2.09. The third-order valence-electron chi connectivity index (χ3n) is 3.00. The monoisotopic (exact) mass is 319 g/mol. The number of thiazole rings is 1. The number of thiophene rings is 1. The van der Waals surface area contributed by atoms with Gasteiger partial charge in [-0.15, -0.1) is 22.7 Å². The van der Waals surface area contributed by atoms with Gasteiger partial charge in [0.2, 0.25) is 5.95 Å². The van der Waals surface area contributed by atoms with Crippen molar-refractivity contribution < 1.29 is 0 Å². The molecule has 0 bridgehead atoms. The molecule has 2 N–H and O–H groups in total. The first-order chi connectivity index (χ1) is 10.3. The normalized spacial score (nSPS) is 11.0. The highest BCUT2D eigenvalue weighted by Gasteiger charge is 2.08. The van der Waals surface area contributed by atoms with E-state index in [1.807, 2.05) is 19.2 Å². The van der Waals surface area contributed by atoms with Crippen LogP contribution in [0.2, 0.25) is 0 Å². The van der Waals surface area contributed by atoms with Crippen molar-refractivity contribution in [1.29, 1.82) is 0 Å². The van der Waals surface area contributed by atoms with Crippen molar-refractivity contribution >= 4 is 44.7 Å². The molecule has 110 valence electrons. The Bertz CT molecular complexity index is 734. The molecule has 0 amide bonds. The third kappa shape index (κ3) is 3.30. The van der Waals surface area contributed by atoms with E-state index in [1.54, 1.807) is 22.7 Å². The van der Waals surface area contributed by atoms with Crippen molar-refractivity contribution in [2.45, 2.75) is 20.3 Å². The number of anilines is 2. The highest BCUT2D eigenvalue weighted by molar-refractivity contribution is 7.16. The van der Waals surface area contributed by atoms with Crippen LogP contribution >= 0.6 is 22.7 Å². The number of hydrogen-bond donors (Lipinski definition) is 2. The molecule has 0 unspecified atom stereocenters. The van der Waals surface area contributed by atoms with E-state index >= 15 is 0 Å². The molecule has 0 radical (unpaired) electrons. The highest BCUT2D eigenvalue weighted by Crippen LogP contribution is 2.26. The van der Waals surface area contributed by atoms with Crippen molar-refractivity contribution in [2.75, 3.05) is 23.7 Å². The molecule has 3 heterocycles. The Morgan fingerprint density at radius 3 is 2.81 bits per heavy atom. The second kappa shape index (κ2) is 6.36. The average Bonchev–Trinajstić information content (AvgIpc) is 3.08. The first-order valence-corrected chi connectivity index (χ1v) is 8.66. The molecule has 0 saturated carbocycles. The molecule has 0 saturated heterocycles. The van der Waals surface area contributed by atoms with Gasteiger partial charge < -0.3 is 10.6 Å². The summed E-state index contributed by atoms with van der Waals surface area (Å²) in [6.07, 6.45) is 0.899. The quantitative estimate of drug-likeness (QED) is 0.727. The third-order valence-corrected chi connectivity index (χ3v) is 4.63. The Morgan fingerprint density at radius 1 is 1.14 bits per heavy atom. The number of aryl methyl sites for hydroxylation is 1. The van der Waals surface area contributed by atoms with Crippen molar-refractivity contribution in [3.05, 3.63) is 27.5 Å². The minimum absolute atomic E-state index is 0.680. The van der Waals surface area contributed by atoms with E-state index in [9.17, 15) is 0 Å². The van der Waals surface area contributed by atoms with Gasteiger partial charge in [0.25, 0.3) is 0 Å². The van der Waals surface area contributed by atoms with Crippen LogP contribution in [-0.4, -0.2) is 28.0 Å². The van der Waals surface area contributed by atoms with Crippen molar-refractivity contribution in [1.82, 2.24) is 15.0 Å². The Kier molecular flexibility index (Phi) is 4.31. The molecule has 0 aliphatic heterocycles. The minimum atomic E-state index is 0.680. The first kappa shape index (κ1) is 14.2. The van der Waals surface area contributed by atoms with E-state index in [0.29, 0.717) is 5.95 Å². The topological polar surface area (TPSA) is 62.7 Å². The predicted molar refractivity (Wildman–Crippen MR) is 90.6 cm³/mol. The van der Waals surface area contributed by atoms with Gasteiger partial charge in [0, 0.05) is 24.9 Å². The average molecular weight is 319 g/mol. The van der Waals surface area contributed by atoms with Gasteiger partial charge in [-0.3, -0.25) is 0 Å². The Morgan fingerprint density at radius 2 is 2.05 bits per heavy atom. The fraction of sp³-hybridized carbons (Fsp3) is 0.357. The minimum Gasteiger partial charge on any atom is -0.369 e. The standard InChI is InChI=1S/C14H17N5S2/c1-3-15-14-18-12(11-5-7-20-13(11)19-14)16-6-4-10-8-21-9(2)17-10/h5,7-8H,3-4,6H2,1-2H3,(H2,15,16,18,19). The van der Waals surface area contributed by atoms with Gasteiger partial charge in [-0.2, -0.15) is 4.98 Å². The summed E-state index contributed by atoms with van der Waals surface area (Å²) in [6.45, 7) is 5.70. The van der Waals surface area contributed by atoms with Crippen LogP contribution in [0.15, 0.2) is 16.8 Å². The maximum atomic E-state index is 4.55. The molecule has 0 aliphatic rings. The van der Waals surface area contributed by atoms with Crippen LogP contribution < -0.4 is 10.6 Å². The van der Waals surface area contributed by atoms with Gasteiger partial charge in [-0.05, 0) is 25.3 Å². The van der Waals surface area contributed by atoms with E-state index in [-0.39, 0.29) is 0 Å². The summed E-state index contributed by atoms with van der Waals surface area (Å²) >= 11 is 3.32. The summed E-state index contributed by atoms with van der Waals surface area (Å²) in [4.78, 5) is 14.5. The van der Waals surface area contributed by atoms with Crippen LogP contribution in [0.25, 0.3) is 10.2 Å². The zero-order valence-electron chi connectivity index (χ0n) is 12.0. The molecule has 5 nitrogen and oxygen atoms in total. The molecule has 0 spiro atoms. The molecule has 3 aromatic heterocycles. The van der Waals surface area contributed by atoms with Gasteiger partial charge in [-0.1, -0.05) is 0 Å². The first-order valence-electron chi connectivity index (χ1n) is 6.90. The van der Waals surface area contributed by atoms with Gasteiger partial charge in [0.1, 0.15) is 10.6 Å². The molecular weight excluding hydrogens is 302 g/mol. The van der Waals surface area contributed by atoms with Crippen molar-refractivity contribution in [3.63, 3.8) is 0 Å². The van der Waals surface area contributed by atoms with E-state index in [1.165, 1.54) is 0 Å². The number of hydrogen-bond acceptors (Lipinski definition) is 7. The van der Waals surface area contributed by atoms with Crippen molar-refractivity contribution in [3.8, 4) is 0 Å². The van der Waals surface area contributed by atoms with Gasteiger partial charge in [0.05, 0.1) is 16.1 Å². The van der Waals surface area contributed by atoms with Gasteiger partial charge in [-0.25, -0.2) is 9.97 Å². The SMILES string of the molecule is CCNc1nc(NCCc2csc(C)n2)c2ccsc2n1. The second-order valence-corrected chi connectivity index (χ2v) is 6.56. The fourth-order valence-electron chi connectivity index (χ4n) is 2.06. The van der Waals surface area contributed by atoms with Crippen LogP contribution in [0.4, 0.5) is 11.8 Å². The molecule has 0 aromatic carbocycles. The molecule has 21 heavy (non-hydrogen) atoms. The van der Waals surface area contributed by atoms with Crippen LogP contribution in [0.5, 0.6) is 0 Å². The number of aromatic nitrogens is 3. The lowest BCUT2D eigenvalue weighted by molar-refractivity contribution is 0.960. The lowest BCUT2D eigenvalue weighted by atomic mass is 10.3. The zero-order chi connectivity index (χ0) is 14.7. The molecule has 3 aromatic rings. The second-order valence-electron chi connectivity index (χ2n) is 4.60. The Labute approximate surface area is 131 Å². The van der Waals surface area contributed by atoms with E-state index in [0.717, 1.165) is 46.2 Å². The summed E-state index contributed by atoms with van der Waals surface area (Å²) in [5.74, 6) is 1.57. The summed E-state index contributed by atoms with van der Waals surface area (Å²) in [5.41, 5.74) is 1.13. The van der Waals surface area contributed by atoms with E-state index in [4.69, 9.17) is 0 Å². The molecular formula is C14H17N5S2. The van der Waals surface area contributed by atoms with E-state index < -0.39 is 0 Å². The van der Waals surface area contributed by atoms with Crippen LogP contribution in [0, 0.1) is 6.92 Å². The maximum Gasteiger partial charge on any atom is 0.226 e. The molecule has 0 fully saturated rings. The lowest BCUT2D eigenvalue weighted by Gasteiger charge is -2.08. The summed E-state index contributed by atoms with van der Waals surface area (Å²) in [7, 11) is 0. The molecule has 7 heteroatoms. The Hall–Kier alpha value is -1.73. The van der Waals surface area contributed by atoms with Crippen LogP contribution in [-0.2, 0) is 6.42 Å². The predicted octanol–water partition coefficient (Wildman–Crippen LogP) is 3.54. The van der Waals surface area contributed by atoms with Crippen LogP contribution in [0.3, 0.4) is 0 Å². The summed E-state index contributed by atoms with van der Waals surface area (Å²) in [5, 5.41) is 12.9. The van der Waals surface area contributed by atoms with Crippen LogP contribution in [0.1, 0.15) is 17.6 Å². The largest absolute Gasteiger partial charge is 0.369 e. The molecule has 0 atom stereocenters.